The smallest absolute Gasteiger partial charge is 0.320 e. The van der Waals surface area contributed by atoms with Crippen molar-refractivity contribution in [3.8, 4) is 23.0 Å². The van der Waals surface area contributed by atoms with Gasteiger partial charge in [-0.05, 0) is 60.4 Å². The largest absolute Gasteiger partial charge is 0.504 e. The number of aliphatic carboxylic acids is 1. The minimum Gasteiger partial charge on any atom is -0.504 e. The van der Waals surface area contributed by atoms with Crippen LogP contribution in [0, 0.1) is 11.3 Å². The lowest BCUT2D eigenvalue weighted by molar-refractivity contribution is -0.164. The Hall–Kier alpha value is -4.11. The van der Waals surface area contributed by atoms with Gasteiger partial charge in [0.15, 0.2) is 34.6 Å². The lowest BCUT2D eigenvalue weighted by Crippen LogP contribution is -2.65. The Morgan fingerprint density at radius 2 is 1.43 bits per heavy atom. The molecule has 35 heavy (non-hydrogen) atoms. The highest BCUT2D eigenvalue weighted by atomic mass is 16.4. The van der Waals surface area contributed by atoms with Gasteiger partial charge in [0.2, 0.25) is 0 Å². The van der Waals surface area contributed by atoms with Crippen LogP contribution < -0.4 is 0 Å². The molecule has 4 unspecified atom stereocenters. The van der Waals surface area contributed by atoms with Crippen LogP contribution in [0.2, 0.25) is 0 Å². The van der Waals surface area contributed by atoms with Gasteiger partial charge in [0.05, 0.1) is 0 Å². The molecule has 2 aromatic carbocycles. The summed E-state index contributed by atoms with van der Waals surface area (Å²) in [5.74, 6) is -3.77. The van der Waals surface area contributed by atoms with Gasteiger partial charge in [0.25, 0.3) is 0 Å². The van der Waals surface area contributed by atoms with Crippen molar-refractivity contribution in [3.05, 3.63) is 59.7 Å². The van der Waals surface area contributed by atoms with E-state index in [4.69, 9.17) is 0 Å². The minimum atomic E-state index is -1.20. The Kier molecular flexibility index (Phi) is 6.36. The van der Waals surface area contributed by atoms with Gasteiger partial charge >= 0.3 is 5.97 Å². The third-order valence-electron chi connectivity index (χ3n) is 6.91. The van der Waals surface area contributed by atoms with E-state index in [0.717, 1.165) is 0 Å². The molecule has 3 fully saturated rings. The third kappa shape index (κ3) is 4.63. The van der Waals surface area contributed by atoms with Gasteiger partial charge in [-0.15, -0.1) is 0 Å². The molecule has 4 atom stereocenters. The van der Waals surface area contributed by atoms with Gasteiger partial charge in [0.1, 0.15) is 6.04 Å². The molecule has 0 spiro atoms. The van der Waals surface area contributed by atoms with Gasteiger partial charge in [-0.3, -0.25) is 19.3 Å². The van der Waals surface area contributed by atoms with Crippen molar-refractivity contribution in [2.24, 2.45) is 11.3 Å². The summed E-state index contributed by atoms with van der Waals surface area (Å²) in [5, 5.41) is 48.0. The second kappa shape index (κ2) is 9.27. The van der Waals surface area contributed by atoms with Crippen LogP contribution in [-0.2, 0) is 14.4 Å². The van der Waals surface area contributed by atoms with Crippen molar-refractivity contribution < 1.29 is 39.9 Å². The number of hydrogen-bond acceptors (Lipinski definition) is 8. The zero-order valence-corrected chi connectivity index (χ0v) is 18.7. The number of nitrogens with zero attached hydrogens (tertiary/aromatic N) is 1. The predicted molar refractivity (Wildman–Crippen MR) is 126 cm³/mol. The molecule has 5 rings (SSSR count). The number of rotatable bonds is 7. The van der Waals surface area contributed by atoms with Crippen LogP contribution in [-0.4, -0.2) is 67.1 Å². The van der Waals surface area contributed by atoms with Crippen LogP contribution in [0.4, 0.5) is 0 Å². The number of phenols is 4. The maximum Gasteiger partial charge on any atom is 0.320 e. The van der Waals surface area contributed by atoms with Crippen molar-refractivity contribution in [1.82, 2.24) is 4.90 Å². The van der Waals surface area contributed by atoms with Crippen LogP contribution in [0.25, 0.3) is 12.2 Å². The van der Waals surface area contributed by atoms with E-state index in [-0.39, 0.29) is 47.5 Å². The maximum atomic E-state index is 13.5. The van der Waals surface area contributed by atoms with Crippen molar-refractivity contribution in [2.75, 3.05) is 13.1 Å². The highest BCUT2D eigenvalue weighted by Crippen LogP contribution is 2.49. The SMILES string of the molecule is O=C(O)C1CC2(C(=O)/C=C/c3ccc(O)c(O)c3)CCN1CC2C(=O)/C=C/c1ccc(O)c(O)c1. The average Bonchev–Trinajstić information content (AvgIpc) is 2.85. The molecule has 5 N–H and O–H groups in total. The number of piperidine rings is 3. The molecule has 0 aliphatic carbocycles. The maximum absolute atomic E-state index is 13.5. The molecular formula is C26H25NO8. The normalized spacial score (nSPS) is 25.8. The summed E-state index contributed by atoms with van der Waals surface area (Å²) in [6.45, 7) is 0.496. The van der Waals surface area contributed by atoms with Gasteiger partial charge < -0.3 is 25.5 Å². The molecule has 3 heterocycles. The summed E-state index contributed by atoms with van der Waals surface area (Å²) in [5.41, 5.74) is -0.264. The van der Waals surface area contributed by atoms with E-state index in [1.165, 1.54) is 60.7 Å². The van der Waals surface area contributed by atoms with E-state index >= 15 is 0 Å². The first-order valence-corrected chi connectivity index (χ1v) is 11.1. The van der Waals surface area contributed by atoms with Crippen LogP contribution in [0.1, 0.15) is 24.0 Å². The Morgan fingerprint density at radius 3 is 1.97 bits per heavy atom. The number of hydrogen-bond donors (Lipinski definition) is 5. The third-order valence-corrected chi connectivity index (χ3v) is 6.91. The number of fused-ring (bicyclic) bond motifs is 3. The lowest BCUT2D eigenvalue weighted by Gasteiger charge is -2.54. The molecule has 9 heteroatoms. The van der Waals surface area contributed by atoms with Crippen molar-refractivity contribution >= 4 is 29.7 Å². The first-order valence-electron chi connectivity index (χ1n) is 11.1. The quantitative estimate of drug-likeness (QED) is 0.297. The molecule has 0 saturated carbocycles. The van der Waals surface area contributed by atoms with Crippen LogP contribution >= 0.6 is 0 Å². The molecule has 3 aliphatic rings. The number of aromatic hydroxyl groups is 4. The van der Waals surface area contributed by atoms with E-state index in [2.05, 4.69) is 0 Å². The lowest BCUT2D eigenvalue weighted by atomic mass is 9.59. The standard InChI is InChI=1S/C26H25NO8/c28-19(5-1-15-2-6-20(29)22(31)11-15)17-14-27-10-9-26(17,13-18(27)25(34)35)24(33)8-4-16-3-7-21(30)23(32)12-16/h1-8,11-12,17-18,29-32H,9-10,13-14H2,(H,34,35)/b5-1+,8-4+. The fourth-order valence-corrected chi connectivity index (χ4v) is 4.94. The number of carbonyl (C=O) groups is 3. The van der Waals surface area contributed by atoms with Gasteiger partial charge in [0, 0.05) is 24.4 Å². The number of benzene rings is 2. The molecule has 0 aromatic heterocycles. The molecule has 0 amide bonds. The second-order valence-corrected chi connectivity index (χ2v) is 8.94. The molecule has 182 valence electrons. The highest BCUT2D eigenvalue weighted by molar-refractivity contribution is 6.05. The number of allylic oxidation sites excluding steroid dienone is 2. The minimum absolute atomic E-state index is 0.00339. The number of carboxylic acid groups (broad SMARTS) is 1. The average molecular weight is 479 g/mol. The first kappa shape index (κ1) is 24.0. The summed E-state index contributed by atoms with van der Waals surface area (Å²) < 4.78 is 0. The molecule has 2 bridgehead atoms. The van der Waals surface area contributed by atoms with Gasteiger partial charge in [-0.25, -0.2) is 0 Å². The Bertz CT molecular complexity index is 1250. The predicted octanol–water partition coefficient (Wildman–Crippen LogP) is 2.54. The van der Waals surface area contributed by atoms with Crippen LogP contribution in [0.15, 0.2) is 48.6 Å². The van der Waals surface area contributed by atoms with Crippen LogP contribution in [0.3, 0.4) is 0 Å². The van der Waals surface area contributed by atoms with E-state index in [1.807, 2.05) is 0 Å². The molecule has 0 radical (unpaired) electrons. The summed E-state index contributed by atoms with van der Waals surface area (Å²) in [6.07, 6.45) is 5.87. The fraction of sp³-hybridized carbons (Fsp3) is 0.269. The highest BCUT2D eigenvalue weighted by Gasteiger charge is 2.57. The van der Waals surface area contributed by atoms with Crippen molar-refractivity contribution in [3.63, 3.8) is 0 Å². The Morgan fingerprint density at radius 1 is 0.857 bits per heavy atom. The van der Waals surface area contributed by atoms with Gasteiger partial charge in [-0.1, -0.05) is 24.3 Å². The van der Waals surface area contributed by atoms with Crippen LogP contribution in [0.5, 0.6) is 23.0 Å². The van der Waals surface area contributed by atoms with E-state index in [9.17, 15) is 39.9 Å². The fourth-order valence-electron chi connectivity index (χ4n) is 4.94. The zero-order chi connectivity index (χ0) is 25.3. The molecular weight excluding hydrogens is 454 g/mol. The summed E-state index contributed by atoms with van der Waals surface area (Å²) in [7, 11) is 0. The van der Waals surface area contributed by atoms with E-state index < -0.39 is 23.3 Å². The molecule has 9 nitrogen and oxygen atoms in total. The topological polar surface area (TPSA) is 156 Å². The molecule has 3 aliphatic heterocycles. The number of phenolic OH excluding ortho intramolecular Hbond substituents is 4. The first-order chi connectivity index (χ1) is 16.6. The number of ketones is 2. The van der Waals surface area contributed by atoms with E-state index in [0.29, 0.717) is 24.1 Å². The number of carboxylic acids is 1. The molecule has 3 saturated heterocycles. The summed E-state index contributed by atoms with van der Waals surface area (Å²) in [6, 6.07) is 7.33. The number of carbonyl (C=O) groups excluding carboxylic acids is 2. The Labute approximate surface area is 200 Å². The second-order valence-electron chi connectivity index (χ2n) is 8.94. The van der Waals surface area contributed by atoms with Crippen molar-refractivity contribution in [1.29, 1.82) is 0 Å². The zero-order valence-electron chi connectivity index (χ0n) is 18.7. The monoisotopic (exact) mass is 479 g/mol. The van der Waals surface area contributed by atoms with Crippen molar-refractivity contribution in [2.45, 2.75) is 18.9 Å². The van der Waals surface area contributed by atoms with Gasteiger partial charge in [-0.2, -0.15) is 0 Å². The molecule has 2 aromatic rings. The van der Waals surface area contributed by atoms with E-state index in [1.54, 1.807) is 4.90 Å². The summed E-state index contributed by atoms with van der Waals surface area (Å²) in [4.78, 5) is 40.3. The summed E-state index contributed by atoms with van der Waals surface area (Å²) >= 11 is 0. The Balaban J connectivity index is 1.63.